The first-order valence-electron chi connectivity index (χ1n) is 8.91. The molecule has 1 fully saturated rings. The molecule has 0 bridgehead atoms. The van der Waals surface area contributed by atoms with Crippen LogP contribution in [0.3, 0.4) is 0 Å². The second kappa shape index (κ2) is 8.54. The van der Waals surface area contributed by atoms with Crippen LogP contribution in [0.1, 0.15) is 18.2 Å². The summed E-state index contributed by atoms with van der Waals surface area (Å²) in [7, 11) is 0. The van der Waals surface area contributed by atoms with E-state index in [0.29, 0.717) is 15.8 Å². The maximum absolute atomic E-state index is 12.2. The molecule has 0 unspecified atom stereocenters. The molecule has 0 saturated carbocycles. The number of aliphatic imine (C=N–C) groups is 1. The van der Waals surface area contributed by atoms with Gasteiger partial charge < -0.3 is 9.73 Å². The van der Waals surface area contributed by atoms with E-state index in [-0.39, 0.29) is 5.91 Å². The van der Waals surface area contributed by atoms with Crippen molar-refractivity contribution in [1.29, 1.82) is 0 Å². The van der Waals surface area contributed by atoms with E-state index < -0.39 is 0 Å². The quantitative estimate of drug-likeness (QED) is 0.537. The van der Waals surface area contributed by atoms with Crippen LogP contribution in [-0.4, -0.2) is 11.1 Å². The van der Waals surface area contributed by atoms with Crippen LogP contribution in [0, 0.1) is 0 Å². The van der Waals surface area contributed by atoms with Gasteiger partial charge in [-0.15, -0.1) is 0 Å². The largest absolute Gasteiger partial charge is 0.450 e. The average Bonchev–Trinajstić information content (AvgIpc) is 3.29. The van der Waals surface area contributed by atoms with Crippen LogP contribution in [0.5, 0.6) is 0 Å². The summed E-state index contributed by atoms with van der Waals surface area (Å²) < 4.78 is 5.83. The Morgan fingerprint density at radius 2 is 1.86 bits per heavy atom. The molecule has 1 aromatic heterocycles. The number of benzene rings is 2. The van der Waals surface area contributed by atoms with Crippen LogP contribution in [0.4, 0.5) is 5.69 Å². The van der Waals surface area contributed by atoms with Gasteiger partial charge in [-0.2, -0.15) is 0 Å². The van der Waals surface area contributed by atoms with Gasteiger partial charge in [-0.3, -0.25) is 4.79 Å². The number of nitrogens with one attached hydrogen (secondary N) is 1. The first-order chi connectivity index (χ1) is 13.7. The molecule has 0 aliphatic carbocycles. The lowest BCUT2D eigenvalue weighted by atomic mass is 10.2. The van der Waals surface area contributed by atoms with E-state index in [1.54, 1.807) is 17.8 Å². The summed E-state index contributed by atoms with van der Waals surface area (Å²) in [6.45, 7) is 2.11. The highest BCUT2D eigenvalue weighted by Crippen LogP contribution is 2.32. The van der Waals surface area contributed by atoms with Crippen LogP contribution < -0.4 is 5.32 Å². The van der Waals surface area contributed by atoms with Gasteiger partial charge in [-0.05, 0) is 60.1 Å². The first kappa shape index (κ1) is 18.7. The number of thioether (sulfide) groups is 1. The van der Waals surface area contributed by atoms with E-state index >= 15 is 0 Å². The van der Waals surface area contributed by atoms with Crippen molar-refractivity contribution in [3.8, 4) is 0 Å². The molecule has 0 atom stereocenters. The van der Waals surface area contributed by atoms with Crippen molar-refractivity contribution in [2.45, 2.75) is 23.3 Å². The normalized spacial score (nSPS) is 16.7. The number of hydrogen-bond donors (Lipinski definition) is 1. The van der Waals surface area contributed by atoms with Crippen molar-refractivity contribution in [2.24, 2.45) is 4.99 Å². The molecule has 4 rings (SSSR count). The zero-order chi connectivity index (χ0) is 19.3. The van der Waals surface area contributed by atoms with E-state index in [2.05, 4.69) is 17.2 Å². The monoisotopic (exact) mass is 406 g/mol. The predicted molar refractivity (Wildman–Crippen MR) is 116 cm³/mol. The second-order valence-corrected chi connectivity index (χ2v) is 8.18. The Balaban J connectivity index is 1.46. The number of rotatable bonds is 5. The molecule has 2 heterocycles. The maximum atomic E-state index is 12.2. The van der Waals surface area contributed by atoms with Crippen molar-refractivity contribution in [1.82, 2.24) is 5.32 Å². The van der Waals surface area contributed by atoms with Crippen LogP contribution in [-0.2, 0) is 11.2 Å². The molecule has 0 spiro atoms. The van der Waals surface area contributed by atoms with Crippen LogP contribution in [0.25, 0.3) is 6.08 Å². The first-order valence-corrected chi connectivity index (χ1v) is 10.5. The van der Waals surface area contributed by atoms with Gasteiger partial charge in [0.1, 0.15) is 5.76 Å². The topological polar surface area (TPSA) is 54.6 Å². The Bertz CT molecular complexity index is 1040. The third-order valence-corrected chi connectivity index (χ3v) is 5.90. The van der Waals surface area contributed by atoms with Crippen molar-refractivity contribution in [2.75, 3.05) is 0 Å². The maximum Gasteiger partial charge on any atom is 0.264 e. The molecule has 2 aromatic carbocycles. The van der Waals surface area contributed by atoms with Crippen molar-refractivity contribution >= 4 is 46.4 Å². The van der Waals surface area contributed by atoms with Gasteiger partial charge in [0.15, 0.2) is 10.3 Å². The summed E-state index contributed by atoms with van der Waals surface area (Å²) in [6.07, 6.45) is 2.74. The number of nitrogens with zero attached hydrogens (tertiary/aromatic N) is 1. The summed E-state index contributed by atoms with van der Waals surface area (Å²) in [4.78, 5) is 18.4. The summed E-state index contributed by atoms with van der Waals surface area (Å²) in [6, 6.07) is 21.8. The number of carbonyl (C=O) groups excluding carboxylic acids is 1. The summed E-state index contributed by atoms with van der Waals surface area (Å²) in [5.74, 6) is 0.479. The highest BCUT2D eigenvalue weighted by molar-refractivity contribution is 8.18. The number of aryl methyl sites for hydroxylation is 1. The van der Waals surface area contributed by atoms with E-state index in [0.717, 1.165) is 22.1 Å². The van der Waals surface area contributed by atoms with Gasteiger partial charge in [-0.1, -0.05) is 49.0 Å². The van der Waals surface area contributed by atoms with Crippen molar-refractivity contribution in [3.05, 3.63) is 83.0 Å². The number of carbonyl (C=O) groups is 1. The van der Waals surface area contributed by atoms with Gasteiger partial charge in [-0.25, -0.2) is 4.99 Å². The Kier molecular flexibility index (Phi) is 5.69. The zero-order valence-electron chi connectivity index (χ0n) is 15.2. The smallest absolute Gasteiger partial charge is 0.264 e. The SMILES string of the molecule is CCc1ccc(N=C2NC(=O)/C(=C/c3ccc(Sc4ccccc4)o3)S2)cc1. The van der Waals surface area contributed by atoms with E-state index in [9.17, 15) is 4.79 Å². The number of hydrogen-bond acceptors (Lipinski definition) is 5. The van der Waals surface area contributed by atoms with E-state index in [1.807, 2.05) is 66.7 Å². The fraction of sp³-hybridized carbons (Fsp3) is 0.0909. The van der Waals surface area contributed by atoms with Crippen LogP contribution in [0.2, 0.25) is 0 Å². The zero-order valence-corrected chi connectivity index (χ0v) is 16.8. The summed E-state index contributed by atoms with van der Waals surface area (Å²) >= 11 is 2.86. The Morgan fingerprint density at radius 1 is 1.07 bits per heavy atom. The number of amides is 1. The highest BCUT2D eigenvalue weighted by atomic mass is 32.2. The lowest BCUT2D eigenvalue weighted by Gasteiger charge is -1.98. The molecule has 3 aromatic rings. The molecule has 4 nitrogen and oxygen atoms in total. The summed E-state index contributed by atoms with van der Waals surface area (Å²) in [5.41, 5.74) is 2.08. The molecule has 1 N–H and O–H groups in total. The lowest BCUT2D eigenvalue weighted by Crippen LogP contribution is -2.19. The van der Waals surface area contributed by atoms with Gasteiger partial charge in [0, 0.05) is 11.0 Å². The minimum absolute atomic E-state index is 0.164. The Labute approximate surface area is 172 Å². The highest BCUT2D eigenvalue weighted by Gasteiger charge is 2.24. The number of furan rings is 1. The van der Waals surface area contributed by atoms with Gasteiger partial charge in [0.05, 0.1) is 10.6 Å². The van der Waals surface area contributed by atoms with Gasteiger partial charge in [0.25, 0.3) is 5.91 Å². The van der Waals surface area contributed by atoms with Crippen LogP contribution >= 0.6 is 23.5 Å². The standard InChI is InChI=1S/C22H18N2O2S2/c1-2-15-8-10-16(11-9-15)23-22-24-21(25)19(28-22)14-17-12-13-20(26-17)27-18-6-4-3-5-7-18/h3-14H,2H2,1H3,(H,23,24,25)/b19-14-. The minimum Gasteiger partial charge on any atom is -0.450 e. The van der Waals surface area contributed by atoms with Gasteiger partial charge >= 0.3 is 0 Å². The minimum atomic E-state index is -0.164. The molecular formula is C22H18N2O2S2. The Morgan fingerprint density at radius 3 is 2.61 bits per heavy atom. The van der Waals surface area contributed by atoms with Crippen molar-refractivity contribution in [3.63, 3.8) is 0 Å². The van der Waals surface area contributed by atoms with Gasteiger partial charge in [0.2, 0.25) is 0 Å². The third-order valence-electron chi connectivity index (χ3n) is 4.06. The molecule has 6 heteroatoms. The molecule has 1 saturated heterocycles. The molecule has 1 amide bonds. The molecule has 28 heavy (non-hydrogen) atoms. The van der Waals surface area contributed by atoms with Crippen LogP contribution in [0.15, 0.2) is 91.0 Å². The molecular weight excluding hydrogens is 388 g/mol. The molecule has 1 aliphatic heterocycles. The van der Waals surface area contributed by atoms with E-state index in [4.69, 9.17) is 4.42 Å². The molecule has 0 radical (unpaired) electrons. The fourth-order valence-corrected chi connectivity index (χ4v) is 4.23. The number of amidine groups is 1. The Hall–Kier alpha value is -2.70. The average molecular weight is 407 g/mol. The van der Waals surface area contributed by atoms with E-state index in [1.165, 1.54) is 17.3 Å². The predicted octanol–water partition coefficient (Wildman–Crippen LogP) is 5.88. The fourth-order valence-electron chi connectivity index (χ4n) is 2.60. The lowest BCUT2D eigenvalue weighted by molar-refractivity contribution is -0.115. The van der Waals surface area contributed by atoms with Crippen molar-refractivity contribution < 1.29 is 9.21 Å². The molecule has 1 aliphatic rings. The summed E-state index contributed by atoms with van der Waals surface area (Å²) in [5, 5.41) is 4.17. The second-order valence-electron chi connectivity index (χ2n) is 6.07. The third kappa shape index (κ3) is 4.58. The molecule has 140 valence electrons.